The number of ether oxygens (including phenoxy) is 2. The minimum atomic E-state index is -4.67. The summed E-state index contributed by atoms with van der Waals surface area (Å²) in [4.78, 5) is 13.3. The minimum absolute atomic E-state index is 0.0889. The standard InChI is InChI=1S/C26H19F3N4O4/c1-35-17-7-8-18(22(13-17)36-2)25(34)32-10-9-15-5-6-16(12-19(15)24(32)30)33-20(21-4-3-11-37-21)14-23(31-33)26(27,28)29/h3-14,30H,1-2H3. The SMILES string of the molecule is COc1ccc(C(=O)n2ccc3ccc(-n4nc(C(F)(F)F)cc4-c4ccco4)cc3c2=N)c(OC)c1. The lowest BCUT2D eigenvalue weighted by atomic mass is 10.1. The summed E-state index contributed by atoms with van der Waals surface area (Å²) in [6, 6.07) is 15.1. The van der Waals surface area contributed by atoms with Crippen LogP contribution in [-0.4, -0.2) is 34.5 Å². The Morgan fingerprint density at radius 3 is 2.51 bits per heavy atom. The molecule has 5 aromatic rings. The maximum atomic E-state index is 13.5. The van der Waals surface area contributed by atoms with Gasteiger partial charge in [-0.25, -0.2) is 4.68 Å². The summed E-state index contributed by atoms with van der Waals surface area (Å²) in [6.07, 6.45) is -1.86. The number of pyridine rings is 1. The first kappa shape index (κ1) is 23.9. The van der Waals surface area contributed by atoms with Gasteiger partial charge in [0.2, 0.25) is 0 Å². The van der Waals surface area contributed by atoms with Crippen LogP contribution in [0.5, 0.6) is 11.5 Å². The Labute approximate surface area is 207 Å². The van der Waals surface area contributed by atoms with Crippen LogP contribution in [0.25, 0.3) is 27.9 Å². The van der Waals surface area contributed by atoms with Gasteiger partial charge in [0.05, 0.1) is 31.7 Å². The molecule has 2 aromatic carbocycles. The fraction of sp³-hybridized carbons (Fsp3) is 0.115. The first-order chi connectivity index (χ1) is 17.7. The number of benzene rings is 2. The van der Waals surface area contributed by atoms with Gasteiger partial charge in [-0.3, -0.25) is 14.8 Å². The van der Waals surface area contributed by atoms with Gasteiger partial charge in [-0.15, -0.1) is 0 Å². The first-order valence-electron chi connectivity index (χ1n) is 10.9. The number of halogens is 3. The minimum Gasteiger partial charge on any atom is -0.497 e. The van der Waals surface area contributed by atoms with Gasteiger partial charge < -0.3 is 13.9 Å². The van der Waals surface area contributed by atoms with Crippen LogP contribution in [0.2, 0.25) is 0 Å². The number of methoxy groups -OCH3 is 2. The summed E-state index contributed by atoms with van der Waals surface area (Å²) in [5, 5.41) is 13.4. The van der Waals surface area contributed by atoms with E-state index in [4.69, 9.17) is 19.3 Å². The van der Waals surface area contributed by atoms with E-state index >= 15 is 0 Å². The Balaban J connectivity index is 1.65. The topological polar surface area (TPSA) is 95.3 Å². The summed E-state index contributed by atoms with van der Waals surface area (Å²) >= 11 is 0. The second-order valence-corrected chi connectivity index (χ2v) is 7.98. The van der Waals surface area contributed by atoms with Gasteiger partial charge in [0.1, 0.15) is 22.7 Å². The molecule has 0 fully saturated rings. The largest absolute Gasteiger partial charge is 0.497 e. The zero-order chi connectivity index (χ0) is 26.3. The molecule has 0 atom stereocenters. The summed E-state index contributed by atoms with van der Waals surface area (Å²) in [5.41, 5.74) is -0.694. The molecule has 0 saturated heterocycles. The van der Waals surface area contributed by atoms with Gasteiger partial charge in [0.25, 0.3) is 5.91 Å². The zero-order valence-electron chi connectivity index (χ0n) is 19.5. The van der Waals surface area contributed by atoms with Gasteiger partial charge in [-0.05, 0) is 47.9 Å². The molecule has 8 nitrogen and oxygen atoms in total. The van der Waals surface area contributed by atoms with E-state index in [2.05, 4.69) is 5.10 Å². The molecule has 0 aliphatic rings. The number of alkyl halides is 3. The summed E-state index contributed by atoms with van der Waals surface area (Å²) in [5.74, 6) is 0.437. The Morgan fingerprint density at radius 2 is 1.84 bits per heavy atom. The van der Waals surface area contributed by atoms with Crippen LogP contribution in [0.4, 0.5) is 13.2 Å². The number of carbonyl (C=O) groups is 1. The number of hydrogen-bond donors (Lipinski definition) is 1. The molecule has 0 spiro atoms. The van der Waals surface area contributed by atoms with Gasteiger partial charge >= 0.3 is 6.18 Å². The van der Waals surface area contributed by atoms with Crippen molar-refractivity contribution in [2.24, 2.45) is 0 Å². The van der Waals surface area contributed by atoms with Crippen molar-refractivity contribution in [1.29, 1.82) is 5.41 Å². The Bertz CT molecular complexity index is 1680. The molecular weight excluding hydrogens is 489 g/mol. The van der Waals surface area contributed by atoms with Gasteiger partial charge in [-0.2, -0.15) is 18.3 Å². The van der Waals surface area contributed by atoms with Crippen molar-refractivity contribution < 1.29 is 31.9 Å². The van der Waals surface area contributed by atoms with E-state index < -0.39 is 17.8 Å². The number of carbonyl (C=O) groups excluding carboxylic acids is 1. The van der Waals surface area contributed by atoms with E-state index in [-0.39, 0.29) is 33.9 Å². The van der Waals surface area contributed by atoms with Crippen LogP contribution in [-0.2, 0) is 6.18 Å². The van der Waals surface area contributed by atoms with Crippen LogP contribution in [0.1, 0.15) is 16.1 Å². The number of fused-ring (bicyclic) bond motifs is 1. The van der Waals surface area contributed by atoms with Gasteiger partial charge in [0, 0.05) is 23.7 Å². The van der Waals surface area contributed by atoms with E-state index in [9.17, 15) is 18.0 Å². The lowest BCUT2D eigenvalue weighted by Crippen LogP contribution is -2.27. The van der Waals surface area contributed by atoms with E-state index in [0.717, 1.165) is 15.3 Å². The van der Waals surface area contributed by atoms with E-state index in [1.165, 1.54) is 44.9 Å². The monoisotopic (exact) mass is 508 g/mol. The van der Waals surface area contributed by atoms with E-state index in [0.29, 0.717) is 16.5 Å². The van der Waals surface area contributed by atoms with Crippen molar-refractivity contribution in [3.63, 3.8) is 0 Å². The van der Waals surface area contributed by atoms with Crippen molar-refractivity contribution in [3.8, 4) is 28.6 Å². The zero-order valence-corrected chi connectivity index (χ0v) is 19.5. The van der Waals surface area contributed by atoms with Crippen LogP contribution in [0.3, 0.4) is 0 Å². The number of hydrogen-bond acceptors (Lipinski definition) is 6. The molecule has 3 heterocycles. The van der Waals surface area contributed by atoms with Gasteiger partial charge in [0.15, 0.2) is 11.5 Å². The van der Waals surface area contributed by atoms with Crippen molar-refractivity contribution in [1.82, 2.24) is 14.3 Å². The Morgan fingerprint density at radius 1 is 1.03 bits per heavy atom. The smallest absolute Gasteiger partial charge is 0.435 e. The number of nitrogens with one attached hydrogen (secondary N) is 1. The fourth-order valence-electron chi connectivity index (χ4n) is 3.98. The molecule has 1 N–H and O–H groups in total. The Hall–Kier alpha value is -4.80. The average Bonchev–Trinajstić information content (AvgIpc) is 3.58. The predicted octanol–water partition coefficient (Wildman–Crippen LogP) is 5.29. The molecule has 0 radical (unpaired) electrons. The molecule has 0 saturated carbocycles. The predicted molar refractivity (Wildman–Crippen MR) is 127 cm³/mol. The third kappa shape index (κ3) is 4.24. The lowest BCUT2D eigenvalue weighted by molar-refractivity contribution is -0.141. The maximum Gasteiger partial charge on any atom is 0.435 e. The van der Waals surface area contributed by atoms with Crippen LogP contribution in [0.15, 0.2) is 77.5 Å². The normalized spacial score (nSPS) is 11.6. The second-order valence-electron chi connectivity index (χ2n) is 7.98. The molecular formula is C26H19F3N4O4. The fourth-order valence-corrected chi connectivity index (χ4v) is 3.98. The highest BCUT2D eigenvalue weighted by molar-refractivity contribution is 6.00. The van der Waals surface area contributed by atoms with Crippen molar-refractivity contribution in [2.45, 2.75) is 6.18 Å². The van der Waals surface area contributed by atoms with E-state index in [1.54, 1.807) is 36.4 Å². The van der Waals surface area contributed by atoms with Crippen LogP contribution >= 0.6 is 0 Å². The van der Waals surface area contributed by atoms with Crippen molar-refractivity contribution >= 4 is 16.7 Å². The second kappa shape index (κ2) is 9.01. The molecule has 0 unspecified atom stereocenters. The number of aromatic nitrogens is 3. The molecule has 0 aliphatic carbocycles. The quantitative estimate of drug-likeness (QED) is 0.348. The van der Waals surface area contributed by atoms with Crippen LogP contribution < -0.4 is 15.0 Å². The molecule has 5 rings (SSSR count). The third-order valence-electron chi connectivity index (χ3n) is 5.81. The van der Waals surface area contributed by atoms with Crippen molar-refractivity contribution in [2.75, 3.05) is 14.2 Å². The molecule has 0 aliphatic heterocycles. The molecule has 188 valence electrons. The summed E-state index contributed by atoms with van der Waals surface area (Å²) < 4.78 is 58.5. The first-order valence-corrected chi connectivity index (χ1v) is 10.9. The highest BCUT2D eigenvalue weighted by Gasteiger charge is 2.35. The Kier molecular flexibility index (Phi) is 5.82. The molecule has 3 aromatic heterocycles. The number of rotatable bonds is 5. The molecule has 0 bridgehead atoms. The van der Waals surface area contributed by atoms with Crippen LogP contribution in [0, 0.1) is 5.41 Å². The summed E-state index contributed by atoms with van der Waals surface area (Å²) in [7, 11) is 2.91. The highest BCUT2D eigenvalue weighted by atomic mass is 19.4. The van der Waals surface area contributed by atoms with E-state index in [1.807, 2.05) is 0 Å². The lowest BCUT2D eigenvalue weighted by Gasteiger charge is -2.13. The summed E-state index contributed by atoms with van der Waals surface area (Å²) in [6.45, 7) is 0. The average molecular weight is 508 g/mol. The van der Waals surface area contributed by atoms with Gasteiger partial charge in [-0.1, -0.05) is 6.07 Å². The molecule has 37 heavy (non-hydrogen) atoms. The third-order valence-corrected chi connectivity index (χ3v) is 5.81. The number of furan rings is 1. The highest BCUT2D eigenvalue weighted by Crippen LogP contribution is 2.34. The maximum absolute atomic E-state index is 13.5. The molecule has 0 amide bonds. The molecule has 11 heteroatoms. The van der Waals surface area contributed by atoms with Crippen molar-refractivity contribution in [3.05, 3.63) is 89.9 Å². The number of nitrogens with zero attached hydrogens (tertiary/aromatic N) is 3.